The van der Waals surface area contributed by atoms with Crippen molar-refractivity contribution in [2.45, 2.75) is 33.6 Å². The van der Waals surface area contributed by atoms with E-state index >= 15 is 0 Å². The monoisotopic (exact) mass is 179 g/mol. The summed E-state index contributed by atoms with van der Waals surface area (Å²) in [5, 5.41) is 11.4. The quantitative estimate of drug-likeness (QED) is 0.516. The highest BCUT2D eigenvalue weighted by molar-refractivity contribution is 5.13. The predicted octanol–water partition coefficient (Wildman–Crippen LogP) is 2.22. The minimum Gasteiger partial charge on any atom is -0.618 e. The van der Waals surface area contributed by atoms with Crippen LogP contribution < -0.4 is 4.73 Å². The Morgan fingerprint density at radius 2 is 2.15 bits per heavy atom. The van der Waals surface area contributed by atoms with Crippen molar-refractivity contribution in [2.75, 3.05) is 0 Å². The van der Waals surface area contributed by atoms with Crippen molar-refractivity contribution in [3.05, 3.63) is 34.8 Å². The molecular formula is C11H17NO. The van der Waals surface area contributed by atoms with Crippen LogP contribution in [0.4, 0.5) is 0 Å². The van der Waals surface area contributed by atoms with Gasteiger partial charge >= 0.3 is 0 Å². The molecule has 1 aromatic heterocycles. The number of pyridine rings is 1. The molecule has 2 heteroatoms. The van der Waals surface area contributed by atoms with E-state index in [9.17, 15) is 5.21 Å². The summed E-state index contributed by atoms with van der Waals surface area (Å²) in [4.78, 5) is 0. The molecule has 1 rings (SSSR count). The van der Waals surface area contributed by atoms with E-state index in [0.29, 0.717) is 5.92 Å². The Bertz CT molecular complexity index is 261. The van der Waals surface area contributed by atoms with Gasteiger partial charge in [-0.1, -0.05) is 13.8 Å². The van der Waals surface area contributed by atoms with Crippen LogP contribution in [0.1, 0.15) is 31.5 Å². The average molecular weight is 179 g/mol. The maximum Gasteiger partial charge on any atom is 0.195 e. The van der Waals surface area contributed by atoms with Crippen molar-refractivity contribution in [2.24, 2.45) is 5.92 Å². The zero-order valence-corrected chi connectivity index (χ0v) is 8.58. The molecule has 13 heavy (non-hydrogen) atoms. The average Bonchev–Trinajstić information content (AvgIpc) is 2.03. The molecule has 0 bridgehead atoms. The Morgan fingerprint density at radius 1 is 1.46 bits per heavy atom. The smallest absolute Gasteiger partial charge is 0.195 e. The standard InChI is InChI=1S/C11H17NO/c1-9(2)6-7-11-10(3)5-4-8-12(11)13/h4-5,8-9H,6-7H2,1-3H3. The molecule has 0 fully saturated rings. The molecule has 0 saturated heterocycles. The Labute approximate surface area is 79.8 Å². The van der Waals surface area contributed by atoms with Gasteiger partial charge in [0, 0.05) is 18.1 Å². The van der Waals surface area contributed by atoms with E-state index in [1.165, 1.54) is 0 Å². The molecule has 0 N–H and O–H groups in total. The van der Waals surface area contributed by atoms with Crippen LogP contribution in [0, 0.1) is 18.0 Å². The Hall–Kier alpha value is -1.05. The van der Waals surface area contributed by atoms with E-state index < -0.39 is 0 Å². The molecule has 1 aromatic rings. The van der Waals surface area contributed by atoms with Crippen molar-refractivity contribution in [3.8, 4) is 0 Å². The summed E-state index contributed by atoms with van der Waals surface area (Å²) in [7, 11) is 0. The van der Waals surface area contributed by atoms with Crippen LogP contribution in [0.25, 0.3) is 0 Å². The van der Waals surface area contributed by atoms with E-state index in [-0.39, 0.29) is 0 Å². The third-order valence-electron chi connectivity index (χ3n) is 2.25. The van der Waals surface area contributed by atoms with E-state index in [2.05, 4.69) is 13.8 Å². The summed E-state index contributed by atoms with van der Waals surface area (Å²) in [6.45, 7) is 6.34. The zero-order chi connectivity index (χ0) is 9.84. The number of hydrogen-bond acceptors (Lipinski definition) is 1. The molecule has 0 aromatic carbocycles. The van der Waals surface area contributed by atoms with Gasteiger partial charge in [-0.15, -0.1) is 0 Å². The van der Waals surface area contributed by atoms with Crippen LogP contribution in [0.3, 0.4) is 0 Å². The third-order valence-corrected chi connectivity index (χ3v) is 2.25. The lowest BCUT2D eigenvalue weighted by atomic mass is 10.0. The molecule has 0 spiro atoms. The fourth-order valence-electron chi connectivity index (χ4n) is 1.36. The number of aromatic nitrogens is 1. The third kappa shape index (κ3) is 2.72. The van der Waals surface area contributed by atoms with Crippen LogP contribution in [0.15, 0.2) is 18.3 Å². The highest BCUT2D eigenvalue weighted by Gasteiger charge is 2.08. The molecule has 0 aliphatic carbocycles. The summed E-state index contributed by atoms with van der Waals surface area (Å²) in [6, 6.07) is 3.78. The molecule has 0 atom stereocenters. The number of nitrogens with zero attached hydrogens (tertiary/aromatic N) is 1. The van der Waals surface area contributed by atoms with Crippen LogP contribution >= 0.6 is 0 Å². The van der Waals surface area contributed by atoms with Gasteiger partial charge in [0.1, 0.15) is 0 Å². The molecule has 0 aliphatic heterocycles. The van der Waals surface area contributed by atoms with Gasteiger partial charge in [-0.2, -0.15) is 4.73 Å². The second-order valence-corrected chi connectivity index (χ2v) is 3.90. The van der Waals surface area contributed by atoms with Gasteiger partial charge in [0.15, 0.2) is 11.9 Å². The molecule has 1 heterocycles. The van der Waals surface area contributed by atoms with Gasteiger partial charge in [-0.05, 0) is 25.3 Å². The van der Waals surface area contributed by atoms with Gasteiger partial charge < -0.3 is 5.21 Å². The molecule has 0 amide bonds. The summed E-state index contributed by atoms with van der Waals surface area (Å²) >= 11 is 0. The fraction of sp³-hybridized carbons (Fsp3) is 0.545. The maximum atomic E-state index is 11.4. The van der Waals surface area contributed by atoms with E-state index in [0.717, 1.165) is 28.8 Å². The van der Waals surface area contributed by atoms with Crippen LogP contribution in [-0.4, -0.2) is 0 Å². The number of rotatable bonds is 3. The zero-order valence-electron chi connectivity index (χ0n) is 8.58. The molecular weight excluding hydrogens is 162 g/mol. The molecule has 0 unspecified atom stereocenters. The SMILES string of the molecule is Cc1ccc[n+]([O-])c1CCC(C)C. The summed E-state index contributed by atoms with van der Waals surface area (Å²) < 4.78 is 0.984. The van der Waals surface area contributed by atoms with Crippen molar-refractivity contribution in [1.82, 2.24) is 0 Å². The lowest BCUT2D eigenvalue weighted by molar-refractivity contribution is -0.614. The first-order valence-corrected chi connectivity index (χ1v) is 4.79. The Kier molecular flexibility index (Phi) is 3.29. The second-order valence-electron chi connectivity index (χ2n) is 3.90. The predicted molar refractivity (Wildman–Crippen MR) is 53.3 cm³/mol. The van der Waals surface area contributed by atoms with Crippen molar-refractivity contribution < 1.29 is 4.73 Å². The number of hydrogen-bond donors (Lipinski definition) is 0. The van der Waals surface area contributed by atoms with Crippen LogP contribution in [0.5, 0.6) is 0 Å². The first-order chi connectivity index (χ1) is 6.11. The van der Waals surface area contributed by atoms with Crippen molar-refractivity contribution in [3.63, 3.8) is 0 Å². The highest BCUT2D eigenvalue weighted by atomic mass is 16.5. The molecule has 0 saturated carbocycles. The minimum absolute atomic E-state index is 0.652. The number of aryl methyl sites for hydroxylation is 1. The summed E-state index contributed by atoms with van der Waals surface area (Å²) in [6.07, 6.45) is 3.53. The van der Waals surface area contributed by atoms with Crippen LogP contribution in [-0.2, 0) is 6.42 Å². The van der Waals surface area contributed by atoms with Gasteiger partial charge in [-0.3, -0.25) is 0 Å². The molecule has 0 aliphatic rings. The first kappa shape index (κ1) is 10.0. The molecule has 2 nitrogen and oxygen atoms in total. The fourth-order valence-corrected chi connectivity index (χ4v) is 1.36. The topological polar surface area (TPSA) is 26.9 Å². The van der Waals surface area contributed by atoms with Crippen LogP contribution in [0.2, 0.25) is 0 Å². The lowest BCUT2D eigenvalue weighted by Gasteiger charge is -2.08. The summed E-state index contributed by atoms with van der Waals surface area (Å²) in [5.74, 6) is 0.652. The van der Waals surface area contributed by atoms with E-state index in [4.69, 9.17) is 0 Å². The largest absolute Gasteiger partial charge is 0.618 e. The van der Waals surface area contributed by atoms with Gasteiger partial charge in [0.2, 0.25) is 0 Å². The summed E-state index contributed by atoms with van der Waals surface area (Å²) in [5.41, 5.74) is 2.01. The second kappa shape index (κ2) is 4.26. The normalized spacial score (nSPS) is 10.8. The Balaban J connectivity index is 2.75. The van der Waals surface area contributed by atoms with Gasteiger partial charge in [-0.25, -0.2) is 0 Å². The van der Waals surface area contributed by atoms with Gasteiger partial charge in [0.25, 0.3) is 0 Å². The van der Waals surface area contributed by atoms with Gasteiger partial charge in [0.05, 0.1) is 0 Å². The molecule has 0 radical (unpaired) electrons. The van der Waals surface area contributed by atoms with Crippen molar-refractivity contribution in [1.29, 1.82) is 0 Å². The minimum atomic E-state index is 0.652. The molecule has 72 valence electrons. The van der Waals surface area contributed by atoms with E-state index in [1.54, 1.807) is 12.3 Å². The lowest BCUT2D eigenvalue weighted by Crippen LogP contribution is -2.32. The van der Waals surface area contributed by atoms with E-state index in [1.807, 2.05) is 13.0 Å². The first-order valence-electron chi connectivity index (χ1n) is 4.79. The highest BCUT2D eigenvalue weighted by Crippen LogP contribution is 2.08. The Morgan fingerprint density at radius 3 is 2.69 bits per heavy atom. The maximum absolute atomic E-state index is 11.4. The van der Waals surface area contributed by atoms with Crippen molar-refractivity contribution >= 4 is 0 Å².